The van der Waals surface area contributed by atoms with Crippen molar-refractivity contribution in [3.63, 3.8) is 0 Å². The minimum Gasteiger partial charge on any atom is -0.480 e. The maximum Gasteiger partial charge on any atom is 0.317 e. The highest BCUT2D eigenvalue weighted by atomic mass is 32.2. The van der Waals surface area contributed by atoms with Gasteiger partial charge in [0.15, 0.2) is 9.84 Å². The third kappa shape index (κ3) is 4.82. The van der Waals surface area contributed by atoms with Crippen LogP contribution in [0.2, 0.25) is 0 Å². The summed E-state index contributed by atoms with van der Waals surface area (Å²) in [5.74, 6) is -0.885. The maximum absolute atomic E-state index is 11.5. The van der Waals surface area contributed by atoms with Crippen molar-refractivity contribution in [1.82, 2.24) is 4.90 Å². The van der Waals surface area contributed by atoms with Crippen LogP contribution >= 0.6 is 0 Å². The smallest absolute Gasteiger partial charge is 0.317 e. The summed E-state index contributed by atoms with van der Waals surface area (Å²) in [4.78, 5) is 13.2. The highest BCUT2D eigenvalue weighted by Crippen LogP contribution is 2.28. The van der Waals surface area contributed by atoms with Crippen molar-refractivity contribution in [2.45, 2.75) is 44.2 Å². The van der Waals surface area contributed by atoms with Crippen LogP contribution in [0.5, 0.6) is 0 Å². The summed E-state index contributed by atoms with van der Waals surface area (Å²) >= 11 is 0. The zero-order valence-corrected chi connectivity index (χ0v) is 13.9. The zero-order valence-electron chi connectivity index (χ0n) is 13.1. The van der Waals surface area contributed by atoms with E-state index >= 15 is 0 Å². The Hall–Kier alpha value is -1.40. The van der Waals surface area contributed by atoms with Crippen molar-refractivity contribution in [2.75, 3.05) is 12.8 Å². The number of sulfone groups is 1. The van der Waals surface area contributed by atoms with Gasteiger partial charge in [-0.2, -0.15) is 0 Å². The average Bonchev–Trinajstić information content (AvgIpc) is 2.33. The number of carbonyl (C=O) groups is 1. The van der Waals surface area contributed by atoms with E-state index < -0.39 is 15.8 Å². The van der Waals surface area contributed by atoms with E-state index in [2.05, 4.69) is 0 Å². The van der Waals surface area contributed by atoms with Crippen LogP contribution in [-0.4, -0.2) is 42.7 Å². The fraction of sp³-hybridized carbons (Fsp3) is 0.533. The number of benzene rings is 1. The molecule has 0 saturated carbocycles. The molecule has 0 bridgehead atoms. The molecule has 0 amide bonds. The standard InChI is InChI=1S/C15H23NO4S/c1-11(16(10-14(17)18)15(2,3)4)12-6-8-13(9-7-12)21(5,19)20/h6-9,11H,10H2,1-5H3,(H,17,18). The number of aliphatic carboxylic acids is 1. The average molecular weight is 313 g/mol. The predicted octanol–water partition coefficient (Wildman–Crippen LogP) is 2.34. The van der Waals surface area contributed by atoms with Crippen LogP contribution in [0.4, 0.5) is 0 Å². The van der Waals surface area contributed by atoms with Crippen LogP contribution in [0.3, 0.4) is 0 Å². The molecule has 0 aromatic heterocycles. The summed E-state index contributed by atoms with van der Waals surface area (Å²) in [5.41, 5.74) is 0.575. The maximum atomic E-state index is 11.5. The first-order valence-corrected chi connectivity index (χ1v) is 8.60. The number of hydrogen-bond acceptors (Lipinski definition) is 4. The van der Waals surface area contributed by atoms with E-state index in [9.17, 15) is 13.2 Å². The minimum absolute atomic E-state index is 0.0709. The number of nitrogens with zero attached hydrogens (tertiary/aromatic N) is 1. The fourth-order valence-corrected chi connectivity index (χ4v) is 2.90. The Bertz CT molecular complexity index is 600. The zero-order chi connectivity index (χ0) is 16.4. The second kappa shape index (κ2) is 6.15. The number of carboxylic acid groups (broad SMARTS) is 1. The Balaban J connectivity index is 3.10. The molecule has 1 rings (SSSR count). The molecule has 21 heavy (non-hydrogen) atoms. The second-order valence-corrected chi connectivity index (χ2v) is 8.23. The summed E-state index contributed by atoms with van der Waals surface area (Å²) in [6, 6.07) is 6.46. The molecule has 0 radical (unpaired) electrons. The van der Waals surface area contributed by atoms with Gasteiger partial charge in [-0.1, -0.05) is 12.1 Å². The van der Waals surface area contributed by atoms with Crippen molar-refractivity contribution in [3.05, 3.63) is 29.8 Å². The van der Waals surface area contributed by atoms with Gasteiger partial charge < -0.3 is 5.11 Å². The molecular formula is C15H23NO4S. The number of hydrogen-bond donors (Lipinski definition) is 1. The van der Waals surface area contributed by atoms with Crippen LogP contribution in [0, 0.1) is 0 Å². The Labute approximate surface area is 126 Å². The van der Waals surface area contributed by atoms with Crippen molar-refractivity contribution >= 4 is 15.8 Å². The van der Waals surface area contributed by atoms with Crippen LogP contribution in [0.15, 0.2) is 29.2 Å². The third-order valence-corrected chi connectivity index (χ3v) is 4.55. The second-order valence-electron chi connectivity index (χ2n) is 6.21. The largest absolute Gasteiger partial charge is 0.480 e. The molecule has 0 aliphatic heterocycles. The van der Waals surface area contributed by atoms with Gasteiger partial charge in [0.25, 0.3) is 0 Å². The Kier molecular flexibility index (Phi) is 5.17. The van der Waals surface area contributed by atoms with Crippen molar-refractivity contribution in [1.29, 1.82) is 0 Å². The predicted molar refractivity (Wildman–Crippen MR) is 82.1 cm³/mol. The van der Waals surface area contributed by atoms with Gasteiger partial charge in [0, 0.05) is 17.8 Å². The molecule has 1 aromatic carbocycles. The molecule has 6 heteroatoms. The molecule has 5 nitrogen and oxygen atoms in total. The van der Waals surface area contributed by atoms with Crippen molar-refractivity contribution < 1.29 is 18.3 Å². The monoisotopic (exact) mass is 313 g/mol. The van der Waals surface area contributed by atoms with Gasteiger partial charge in [-0.3, -0.25) is 9.69 Å². The lowest BCUT2D eigenvalue weighted by Crippen LogP contribution is -2.45. The molecule has 0 aliphatic carbocycles. The number of rotatable bonds is 5. The first-order valence-electron chi connectivity index (χ1n) is 6.71. The summed E-state index contributed by atoms with van der Waals surface area (Å²) in [5, 5.41) is 9.07. The lowest BCUT2D eigenvalue weighted by molar-refractivity contribution is -0.140. The van der Waals surface area contributed by atoms with Gasteiger partial charge in [-0.25, -0.2) is 8.42 Å². The molecule has 1 aromatic rings. The molecule has 0 aliphatic rings. The number of carboxylic acids is 1. The summed E-state index contributed by atoms with van der Waals surface area (Å²) in [7, 11) is -3.22. The molecular weight excluding hydrogens is 290 g/mol. The SMILES string of the molecule is CC(c1ccc(S(C)(=O)=O)cc1)N(CC(=O)O)C(C)(C)C. The highest BCUT2D eigenvalue weighted by molar-refractivity contribution is 7.90. The van der Waals surface area contributed by atoms with Gasteiger partial charge in [0.05, 0.1) is 11.4 Å². The van der Waals surface area contributed by atoms with Crippen molar-refractivity contribution in [2.24, 2.45) is 0 Å². The van der Waals surface area contributed by atoms with E-state index in [-0.39, 0.29) is 23.0 Å². The Morgan fingerprint density at radius 3 is 2.05 bits per heavy atom. The molecule has 0 heterocycles. The van der Waals surface area contributed by atoms with Gasteiger partial charge in [-0.05, 0) is 45.4 Å². The van der Waals surface area contributed by atoms with Crippen LogP contribution in [0.25, 0.3) is 0 Å². The molecule has 1 N–H and O–H groups in total. The van der Waals surface area contributed by atoms with Crippen LogP contribution in [-0.2, 0) is 14.6 Å². The van der Waals surface area contributed by atoms with Gasteiger partial charge in [0.1, 0.15) is 0 Å². The summed E-state index contributed by atoms with van der Waals surface area (Å²) in [6.45, 7) is 7.72. The Morgan fingerprint density at radius 2 is 1.71 bits per heavy atom. The lowest BCUT2D eigenvalue weighted by Gasteiger charge is -2.39. The third-order valence-electron chi connectivity index (χ3n) is 3.43. The van der Waals surface area contributed by atoms with E-state index in [0.29, 0.717) is 0 Å². The van der Waals surface area contributed by atoms with E-state index in [1.54, 1.807) is 24.3 Å². The molecule has 0 saturated heterocycles. The van der Waals surface area contributed by atoms with Gasteiger partial charge in [-0.15, -0.1) is 0 Å². The summed E-state index contributed by atoms with van der Waals surface area (Å²) in [6.07, 6.45) is 1.16. The van der Waals surface area contributed by atoms with E-state index in [0.717, 1.165) is 11.8 Å². The highest BCUT2D eigenvalue weighted by Gasteiger charge is 2.29. The first kappa shape index (κ1) is 17.7. The van der Waals surface area contributed by atoms with Gasteiger partial charge in [0.2, 0.25) is 0 Å². The Morgan fingerprint density at radius 1 is 1.24 bits per heavy atom. The van der Waals surface area contributed by atoms with E-state index in [4.69, 9.17) is 5.11 Å². The quantitative estimate of drug-likeness (QED) is 0.903. The summed E-state index contributed by atoms with van der Waals surface area (Å²) < 4.78 is 22.9. The van der Waals surface area contributed by atoms with E-state index in [1.165, 1.54) is 0 Å². The topological polar surface area (TPSA) is 74.7 Å². The fourth-order valence-electron chi connectivity index (χ4n) is 2.27. The molecule has 1 unspecified atom stereocenters. The molecule has 0 fully saturated rings. The molecule has 118 valence electrons. The lowest BCUT2D eigenvalue weighted by atomic mass is 9.99. The normalized spacial score (nSPS) is 14.2. The van der Waals surface area contributed by atoms with Crippen molar-refractivity contribution in [3.8, 4) is 0 Å². The van der Waals surface area contributed by atoms with Crippen LogP contribution < -0.4 is 0 Å². The van der Waals surface area contributed by atoms with Crippen LogP contribution in [0.1, 0.15) is 39.3 Å². The minimum atomic E-state index is -3.22. The molecule has 1 atom stereocenters. The van der Waals surface area contributed by atoms with E-state index in [1.807, 2.05) is 32.6 Å². The molecule has 0 spiro atoms. The van der Waals surface area contributed by atoms with Gasteiger partial charge >= 0.3 is 5.97 Å². The first-order chi connectivity index (χ1) is 9.43.